The Morgan fingerprint density at radius 2 is 2.10 bits per heavy atom. The second-order valence-electron chi connectivity index (χ2n) is 5.53. The third kappa shape index (κ3) is 3.59. The summed E-state index contributed by atoms with van der Waals surface area (Å²) in [6, 6.07) is -0.00448. The summed E-state index contributed by atoms with van der Waals surface area (Å²) in [5.41, 5.74) is -0.187. The Labute approximate surface area is 127 Å². The number of anilines is 1. The lowest BCUT2D eigenvalue weighted by molar-refractivity contribution is -0.128. The topological polar surface area (TPSA) is 76.0 Å². The SMILES string of the molecule is CNC(=O)C(C)(C)CNc1cnn(C(C)C)c(=O)c1Br. The third-order valence-electron chi connectivity index (χ3n) is 3.00. The Kier molecular flexibility index (Phi) is 5.33. The molecule has 1 rings (SSSR count). The molecule has 2 N–H and O–H groups in total. The minimum atomic E-state index is -0.582. The number of amides is 1. The maximum atomic E-state index is 12.1. The number of aromatic nitrogens is 2. The summed E-state index contributed by atoms with van der Waals surface area (Å²) in [6.45, 7) is 7.84. The zero-order chi connectivity index (χ0) is 15.5. The van der Waals surface area contributed by atoms with Gasteiger partial charge in [-0.15, -0.1) is 0 Å². The molecule has 1 heterocycles. The molecule has 0 fully saturated rings. The highest BCUT2D eigenvalue weighted by Gasteiger charge is 2.26. The van der Waals surface area contributed by atoms with Crippen LogP contribution in [0.15, 0.2) is 15.5 Å². The maximum absolute atomic E-state index is 12.1. The highest BCUT2D eigenvalue weighted by Crippen LogP contribution is 2.21. The standard InChI is InChI=1S/C13H21BrN4O2/c1-8(2)18-11(19)10(14)9(6-17-18)16-7-13(3,4)12(20)15-5/h6,8,16H,7H2,1-5H3,(H,15,20). The van der Waals surface area contributed by atoms with Crippen LogP contribution in [-0.4, -0.2) is 29.3 Å². The van der Waals surface area contributed by atoms with E-state index in [0.29, 0.717) is 16.7 Å². The van der Waals surface area contributed by atoms with E-state index in [-0.39, 0.29) is 17.5 Å². The predicted octanol–water partition coefficient (Wildman–Crippen LogP) is 1.77. The van der Waals surface area contributed by atoms with Crippen molar-refractivity contribution in [2.24, 2.45) is 5.41 Å². The van der Waals surface area contributed by atoms with Crippen LogP contribution >= 0.6 is 15.9 Å². The van der Waals surface area contributed by atoms with Crippen molar-refractivity contribution in [2.75, 3.05) is 18.9 Å². The quantitative estimate of drug-likeness (QED) is 0.853. The van der Waals surface area contributed by atoms with E-state index in [1.165, 1.54) is 4.68 Å². The van der Waals surface area contributed by atoms with Crippen LogP contribution in [0.2, 0.25) is 0 Å². The van der Waals surface area contributed by atoms with Gasteiger partial charge in [0.2, 0.25) is 5.91 Å². The third-order valence-corrected chi connectivity index (χ3v) is 3.76. The van der Waals surface area contributed by atoms with Gasteiger partial charge in [-0.05, 0) is 43.6 Å². The van der Waals surface area contributed by atoms with Crippen molar-refractivity contribution in [1.29, 1.82) is 0 Å². The number of hydrogen-bond acceptors (Lipinski definition) is 4. The zero-order valence-corrected chi connectivity index (χ0v) is 14.0. The van der Waals surface area contributed by atoms with Gasteiger partial charge in [0.15, 0.2) is 0 Å². The first-order valence-corrected chi connectivity index (χ1v) is 7.23. The van der Waals surface area contributed by atoms with Crippen molar-refractivity contribution < 1.29 is 4.79 Å². The molecule has 0 aromatic carbocycles. The summed E-state index contributed by atoms with van der Waals surface area (Å²) in [5, 5.41) is 9.83. The van der Waals surface area contributed by atoms with Gasteiger partial charge < -0.3 is 10.6 Å². The van der Waals surface area contributed by atoms with Crippen molar-refractivity contribution in [3.8, 4) is 0 Å². The van der Waals surface area contributed by atoms with Crippen LogP contribution < -0.4 is 16.2 Å². The lowest BCUT2D eigenvalue weighted by Crippen LogP contribution is -2.39. The van der Waals surface area contributed by atoms with Crippen molar-refractivity contribution in [1.82, 2.24) is 15.1 Å². The van der Waals surface area contributed by atoms with Gasteiger partial charge in [0.05, 0.1) is 23.3 Å². The molecule has 20 heavy (non-hydrogen) atoms. The fraction of sp³-hybridized carbons (Fsp3) is 0.615. The second-order valence-corrected chi connectivity index (χ2v) is 6.33. The van der Waals surface area contributed by atoms with E-state index in [2.05, 4.69) is 31.7 Å². The summed E-state index contributed by atoms with van der Waals surface area (Å²) in [4.78, 5) is 23.8. The fourth-order valence-electron chi connectivity index (χ4n) is 1.67. The van der Waals surface area contributed by atoms with Crippen molar-refractivity contribution in [3.63, 3.8) is 0 Å². The molecular formula is C13H21BrN4O2. The molecule has 0 aliphatic rings. The number of carbonyl (C=O) groups is 1. The van der Waals surface area contributed by atoms with Gasteiger partial charge in [-0.3, -0.25) is 9.59 Å². The van der Waals surface area contributed by atoms with Crippen molar-refractivity contribution >= 4 is 27.5 Å². The number of nitrogens with zero attached hydrogens (tertiary/aromatic N) is 2. The molecule has 0 spiro atoms. The van der Waals surface area contributed by atoms with Gasteiger partial charge in [-0.1, -0.05) is 0 Å². The van der Waals surface area contributed by atoms with Gasteiger partial charge in [0, 0.05) is 13.6 Å². The molecule has 7 heteroatoms. The molecule has 0 saturated carbocycles. The molecule has 6 nitrogen and oxygen atoms in total. The Morgan fingerprint density at radius 3 is 2.60 bits per heavy atom. The van der Waals surface area contributed by atoms with E-state index in [1.54, 1.807) is 13.2 Å². The number of halogens is 1. The molecule has 0 radical (unpaired) electrons. The summed E-state index contributed by atoms with van der Waals surface area (Å²) in [7, 11) is 1.60. The first-order valence-electron chi connectivity index (χ1n) is 6.44. The van der Waals surface area contributed by atoms with Crippen LogP contribution in [0, 0.1) is 5.41 Å². The molecule has 1 aromatic rings. The maximum Gasteiger partial charge on any atom is 0.283 e. The lowest BCUT2D eigenvalue weighted by atomic mass is 9.92. The molecule has 1 aromatic heterocycles. The first-order chi connectivity index (χ1) is 9.20. The minimum Gasteiger partial charge on any atom is -0.382 e. The minimum absolute atomic E-state index is 0.00448. The summed E-state index contributed by atoms with van der Waals surface area (Å²) in [6.07, 6.45) is 1.59. The van der Waals surface area contributed by atoms with Gasteiger partial charge in [-0.2, -0.15) is 5.10 Å². The van der Waals surface area contributed by atoms with Crippen molar-refractivity contribution in [2.45, 2.75) is 33.7 Å². The van der Waals surface area contributed by atoms with E-state index in [0.717, 1.165) is 0 Å². The van der Waals surface area contributed by atoms with Crippen molar-refractivity contribution in [3.05, 3.63) is 21.0 Å². The van der Waals surface area contributed by atoms with E-state index >= 15 is 0 Å². The van der Waals surface area contributed by atoms with Gasteiger partial charge >= 0.3 is 0 Å². The Hall–Kier alpha value is -1.37. The fourth-order valence-corrected chi connectivity index (χ4v) is 2.10. The highest BCUT2D eigenvalue weighted by molar-refractivity contribution is 9.10. The number of nitrogens with one attached hydrogen (secondary N) is 2. The molecule has 112 valence electrons. The molecule has 0 bridgehead atoms. The summed E-state index contributed by atoms with van der Waals surface area (Å²) in [5.74, 6) is -0.0652. The summed E-state index contributed by atoms with van der Waals surface area (Å²) < 4.78 is 1.83. The molecular weight excluding hydrogens is 324 g/mol. The highest BCUT2D eigenvalue weighted by atomic mass is 79.9. The van der Waals surface area contributed by atoms with E-state index < -0.39 is 5.41 Å². The Balaban J connectivity index is 2.93. The number of carbonyl (C=O) groups excluding carboxylic acids is 1. The van der Waals surface area contributed by atoms with E-state index in [9.17, 15) is 9.59 Å². The van der Waals surface area contributed by atoms with Gasteiger partial charge in [0.25, 0.3) is 5.56 Å². The second kappa shape index (κ2) is 6.39. The average Bonchev–Trinajstić information content (AvgIpc) is 2.39. The largest absolute Gasteiger partial charge is 0.382 e. The molecule has 1 amide bonds. The molecule has 0 unspecified atom stereocenters. The van der Waals surface area contributed by atoms with Crippen LogP contribution in [0.5, 0.6) is 0 Å². The van der Waals surface area contributed by atoms with Crippen LogP contribution in [0.1, 0.15) is 33.7 Å². The summed E-state index contributed by atoms with van der Waals surface area (Å²) >= 11 is 3.28. The zero-order valence-electron chi connectivity index (χ0n) is 12.5. The van der Waals surface area contributed by atoms with Crippen LogP contribution in [0.3, 0.4) is 0 Å². The molecule has 0 saturated heterocycles. The van der Waals surface area contributed by atoms with E-state index in [1.807, 2.05) is 27.7 Å². The molecule has 0 aliphatic heterocycles. The smallest absolute Gasteiger partial charge is 0.283 e. The lowest BCUT2D eigenvalue weighted by Gasteiger charge is -2.23. The van der Waals surface area contributed by atoms with Gasteiger partial charge in [-0.25, -0.2) is 4.68 Å². The molecule has 0 aliphatic carbocycles. The predicted molar refractivity (Wildman–Crippen MR) is 82.9 cm³/mol. The normalized spacial score (nSPS) is 11.6. The monoisotopic (exact) mass is 344 g/mol. The van der Waals surface area contributed by atoms with Gasteiger partial charge in [0.1, 0.15) is 4.47 Å². The van der Waals surface area contributed by atoms with Crippen LogP contribution in [-0.2, 0) is 4.79 Å². The van der Waals surface area contributed by atoms with Crippen LogP contribution in [0.25, 0.3) is 0 Å². The van der Waals surface area contributed by atoms with E-state index in [4.69, 9.17) is 0 Å². The average molecular weight is 345 g/mol. The van der Waals surface area contributed by atoms with Crippen LogP contribution in [0.4, 0.5) is 5.69 Å². The molecule has 0 atom stereocenters. The first kappa shape index (κ1) is 16.7. The number of rotatable bonds is 5. The Bertz CT molecular complexity index is 552. The Morgan fingerprint density at radius 1 is 1.50 bits per heavy atom. The number of hydrogen-bond donors (Lipinski definition) is 2.